The Labute approximate surface area is 192 Å². The molecule has 0 bridgehead atoms. The van der Waals surface area contributed by atoms with Crippen LogP contribution in [0, 0.1) is 6.92 Å². The van der Waals surface area contributed by atoms with Crippen LogP contribution in [-0.4, -0.2) is 27.6 Å². The number of carbonyl (C=O) groups is 2. The van der Waals surface area contributed by atoms with Crippen LogP contribution in [0.2, 0.25) is 0 Å². The molecule has 164 valence electrons. The molecule has 0 saturated carbocycles. The molecule has 2 heterocycles. The van der Waals surface area contributed by atoms with Gasteiger partial charge in [0.05, 0.1) is 5.69 Å². The fraction of sp³-hybridized carbons (Fsp3) is 0.148. The predicted molar refractivity (Wildman–Crippen MR) is 129 cm³/mol. The van der Waals surface area contributed by atoms with Crippen LogP contribution in [0.3, 0.4) is 0 Å². The first-order chi connectivity index (χ1) is 16.1. The van der Waals surface area contributed by atoms with Gasteiger partial charge < -0.3 is 5.32 Å². The van der Waals surface area contributed by atoms with Crippen LogP contribution in [0.25, 0.3) is 5.69 Å². The fourth-order valence-corrected chi connectivity index (χ4v) is 4.23. The normalized spacial score (nSPS) is 15.1. The molecular weight excluding hydrogens is 412 g/mol. The highest BCUT2D eigenvalue weighted by atomic mass is 16.2. The zero-order chi connectivity index (χ0) is 22.8. The Hall–Kier alpha value is -4.19. The molecule has 6 heteroatoms. The maximum atomic E-state index is 13.7. The molecule has 1 unspecified atom stereocenters. The topological polar surface area (TPSA) is 67.2 Å². The molecule has 6 nitrogen and oxygen atoms in total. The van der Waals surface area contributed by atoms with Crippen molar-refractivity contribution >= 4 is 23.2 Å². The first-order valence-corrected chi connectivity index (χ1v) is 11.0. The molecular formula is C27H24N4O2. The van der Waals surface area contributed by atoms with Gasteiger partial charge in [-0.15, -0.1) is 0 Å². The van der Waals surface area contributed by atoms with Gasteiger partial charge in [0, 0.05) is 29.3 Å². The highest BCUT2D eigenvalue weighted by molar-refractivity contribution is 6.12. The number of benzene rings is 3. The minimum Gasteiger partial charge on any atom is -0.324 e. The van der Waals surface area contributed by atoms with Gasteiger partial charge in [0.15, 0.2) is 0 Å². The summed E-state index contributed by atoms with van der Waals surface area (Å²) in [7, 11) is 0. The molecule has 3 aromatic carbocycles. The van der Waals surface area contributed by atoms with Gasteiger partial charge in [0.2, 0.25) is 5.91 Å². The Kier molecular flexibility index (Phi) is 5.48. The Bertz CT molecular complexity index is 1280. The van der Waals surface area contributed by atoms with Crippen molar-refractivity contribution in [1.82, 2.24) is 9.78 Å². The zero-order valence-electron chi connectivity index (χ0n) is 18.3. The number of carbonyl (C=O) groups excluding carboxylic acids is 2. The van der Waals surface area contributed by atoms with Gasteiger partial charge in [-0.2, -0.15) is 5.10 Å². The Morgan fingerprint density at radius 3 is 2.42 bits per heavy atom. The quantitative estimate of drug-likeness (QED) is 0.501. The summed E-state index contributed by atoms with van der Waals surface area (Å²) < 4.78 is 1.74. The number of anilines is 2. The Morgan fingerprint density at radius 2 is 1.70 bits per heavy atom. The summed E-state index contributed by atoms with van der Waals surface area (Å²) in [5.41, 5.74) is 5.09. The number of hydrogen-bond acceptors (Lipinski definition) is 3. The third-order valence-corrected chi connectivity index (χ3v) is 5.97. The maximum Gasteiger partial charge on any atom is 0.259 e. The summed E-state index contributed by atoms with van der Waals surface area (Å²) in [5, 5.41) is 7.22. The number of aromatic nitrogens is 2. The summed E-state index contributed by atoms with van der Waals surface area (Å²) >= 11 is 0. The van der Waals surface area contributed by atoms with Crippen molar-refractivity contribution in [1.29, 1.82) is 0 Å². The molecule has 4 aromatic rings. The lowest BCUT2D eigenvalue weighted by Gasteiger charge is -2.36. The van der Waals surface area contributed by atoms with Gasteiger partial charge in [-0.1, -0.05) is 35.9 Å². The van der Waals surface area contributed by atoms with Crippen LogP contribution in [0.15, 0.2) is 91.3 Å². The Morgan fingerprint density at radius 1 is 0.939 bits per heavy atom. The molecule has 33 heavy (non-hydrogen) atoms. The van der Waals surface area contributed by atoms with E-state index in [0.717, 1.165) is 34.6 Å². The van der Waals surface area contributed by atoms with Crippen molar-refractivity contribution in [3.05, 3.63) is 108 Å². The molecule has 0 radical (unpaired) electrons. The van der Waals surface area contributed by atoms with Gasteiger partial charge in [0.25, 0.3) is 5.91 Å². The summed E-state index contributed by atoms with van der Waals surface area (Å²) in [6.45, 7) is 2.00. The molecule has 1 aliphatic rings. The van der Waals surface area contributed by atoms with Gasteiger partial charge in [-0.3, -0.25) is 14.5 Å². The highest BCUT2D eigenvalue weighted by Crippen LogP contribution is 2.32. The summed E-state index contributed by atoms with van der Waals surface area (Å²) in [6.07, 6.45) is 4.86. The van der Waals surface area contributed by atoms with Crippen LogP contribution in [0.1, 0.15) is 27.9 Å². The number of nitrogens with zero attached hydrogens (tertiary/aromatic N) is 3. The standard InChI is InChI=1S/C27H24N4O2/c1-19-7-12-22(13-8-19)29-26(32)25-16-11-20-5-2-3-6-24(20)31(25)27(33)21-9-14-23(15-10-21)30-18-4-17-28-30/h2-10,12-15,17-18,25H,11,16H2,1H3,(H,29,32). The van der Waals surface area contributed by atoms with Crippen molar-refractivity contribution in [2.45, 2.75) is 25.8 Å². The Balaban J connectivity index is 1.46. The molecule has 0 spiro atoms. The first kappa shape index (κ1) is 20.7. The number of aryl methyl sites for hydroxylation is 2. The van der Waals surface area contributed by atoms with Gasteiger partial charge in [-0.05, 0) is 73.9 Å². The summed E-state index contributed by atoms with van der Waals surface area (Å²) in [6, 6.07) is 24.0. The first-order valence-electron chi connectivity index (χ1n) is 11.0. The number of amides is 2. The van der Waals surface area contributed by atoms with E-state index in [4.69, 9.17) is 0 Å². The smallest absolute Gasteiger partial charge is 0.259 e. The molecule has 2 amide bonds. The van der Waals surface area contributed by atoms with Crippen LogP contribution < -0.4 is 10.2 Å². The van der Waals surface area contributed by atoms with E-state index in [1.54, 1.807) is 27.9 Å². The number of nitrogens with one attached hydrogen (secondary N) is 1. The lowest BCUT2D eigenvalue weighted by atomic mass is 9.94. The lowest BCUT2D eigenvalue weighted by molar-refractivity contribution is -0.117. The van der Waals surface area contributed by atoms with E-state index in [-0.39, 0.29) is 11.8 Å². The van der Waals surface area contributed by atoms with Crippen molar-refractivity contribution in [3.63, 3.8) is 0 Å². The fourth-order valence-electron chi connectivity index (χ4n) is 4.23. The van der Waals surface area contributed by atoms with E-state index in [0.29, 0.717) is 12.0 Å². The number of hydrogen-bond donors (Lipinski definition) is 1. The van der Waals surface area contributed by atoms with Crippen LogP contribution in [0.5, 0.6) is 0 Å². The molecule has 5 rings (SSSR count). The van der Waals surface area contributed by atoms with E-state index in [2.05, 4.69) is 10.4 Å². The van der Waals surface area contributed by atoms with E-state index in [1.165, 1.54) is 0 Å². The molecule has 1 atom stereocenters. The summed E-state index contributed by atoms with van der Waals surface area (Å²) in [4.78, 5) is 28.6. The van der Waals surface area contributed by atoms with Crippen molar-refractivity contribution in [2.24, 2.45) is 0 Å². The molecule has 0 aliphatic carbocycles. The number of para-hydroxylation sites is 1. The lowest BCUT2D eigenvalue weighted by Crippen LogP contribution is -2.50. The largest absolute Gasteiger partial charge is 0.324 e. The number of rotatable bonds is 4. The van der Waals surface area contributed by atoms with Crippen LogP contribution in [-0.2, 0) is 11.2 Å². The predicted octanol–water partition coefficient (Wildman–Crippen LogP) is 4.78. The average molecular weight is 437 g/mol. The van der Waals surface area contributed by atoms with Gasteiger partial charge >= 0.3 is 0 Å². The second kappa shape index (κ2) is 8.74. The second-order valence-corrected chi connectivity index (χ2v) is 8.21. The highest BCUT2D eigenvalue weighted by Gasteiger charge is 2.36. The molecule has 0 saturated heterocycles. The zero-order valence-corrected chi connectivity index (χ0v) is 18.3. The van der Waals surface area contributed by atoms with E-state index in [1.807, 2.05) is 79.9 Å². The second-order valence-electron chi connectivity index (χ2n) is 8.21. The summed E-state index contributed by atoms with van der Waals surface area (Å²) in [5.74, 6) is -0.381. The third kappa shape index (κ3) is 4.15. The number of fused-ring (bicyclic) bond motifs is 1. The monoisotopic (exact) mass is 436 g/mol. The van der Waals surface area contributed by atoms with E-state index >= 15 is 0 Å². The van der Waals surface area contributed by atoms with Gasteiger partial charge in [0.1, 0.15) is 6.04 Å². The minimum absolute atomic E-state index is 0.185. The minimum atomic E-state index is -0.598. The SMILES string of the molecule is Cc1ccc(NC(=O)C2CCc3ccccc3N2C(=O)c2ccc(-n3cccn3)cc2)cc1. The maximum absolute atomic E-state index is 13.7. The molecule has 1 aliphatic heterocycles. The van der Waals surface area contributed by atoms with Crippen molar-refractivity contribution in [2.75, 3.05) is 10.2 Å². The van der Waals surface area contributed by atoms with Gasteiger partial charge in [-0.25, -0.2) is 4.68 Å². The molecule has 1 N–H and O–H groups in total. The average Bonchev–Trinajstić information content (AvgIpc) is 3.39. The van der Waals surface area contributed by atoms with Crippen molar-refractivity contribution < 1.29 is 9.59 Å². The van der Waals surface area contributed by atoms with Crippen LogP contribution in [0.4, 0.5) is 11.4 Å². The molecule has 1 aromatic heterocycles. The van der Waals surface area contributed by atoms with E-state index < -0.39 is 6.04 Å². The van der Waals surface area contributed by atoms with E-state index in [9.17, 15) is 9.59 Å². The molecule has 0 fully saturated rings. The third-order valence-electron chi connectivity index (χ3n) is 5.97. The van der Waals surface area contributed by atoms with Crippen LogP contribution >= 0.6 is 0 Å². The van der Waals surface area contributed by atoms with Crippen molar-refractivity contribution in [3.8, 4) is 5.69 Å².